The average molecular weight is 516 g/mol. The van der Waals surface area contributed by atoms with Gasteiger partial charge in [0, 0.05) is 36.6 Å². The Bertz CT molecular complexity index is 1260. The van der Waals surface area contributed by atoms with E-state index in [9.17, 15) is 4.79 Å². The van der Waals surface area contributed by atoms with Gasteiger partial charge in [0.15, 0.2) is 5.78 Å². The smallest absolute Gasteiger partial charge is 0.192 e. The van der Waals surface area contributed by atoms with Gasteiger partial charge in [-0.15, -0.1) is 11.8 Å². The number of halogens is 1. The summed E-state index contributed by atoms with van der Waals surface area (Å²) in [5.41, 5.74) is 3.07. The zero-order valence-electron chi connectivity index (χ0n) is 19.2. The first-order chi connectivity index (χ1) is 17.1. The normalized spacial score (nSPS) is 13.1. The predicted molar refractivity (Wildman–Crippen MR) is 151 cm³/mol. The number of hydrogen-bond acceptors (Lipinski definition) is 4. The lowest BCUT2D eigenvalue weighted by molar-refractivity contribution is 0.103. The Hall–Kier alpha value is -2.79. The molecule has 0 saturated carbocycles. The molecule has 3 aromatic rings. The second-order valence-electron chi connectivity index (χ2n) is 8.04. The maximum absolute atomic E-state index is 12.7. The van der Waals surface area contributed by atoms with Gasteiger partial charge >= 0.3 is 0 Å². The first-order valence-electron chi connectivity index (χ1n) is 11.5. The molecule has 1 aliphatic carbocycles. The summed E-state index contributed by atoms with van der Waals surface area (Å²) in [6, 6.07) is 25.5. The molecule has 0 unspecified atom stereocenters. The number of Topliss-reactive ketones (excluding diaryl/α,β-unsaturated/α-hetero) is 1. The molecular formula is C30H26ClNOS2. The van der Waals surface area contributed by atoms with Crippen LogP contribution >= 0.6 is 35.1 Å². The molecule has 0 amide bonds. The Kier molecular flexibility index (Phi) is 9.24. The van der Waals surface area contributed by atoms with Crippen LogP contribution in [0.5, 0.6) is 0 Å². The van der Waals surface area contributed by atoms with Gasteiger partial charge in [0.25, 0.3) is 0 Å². The number of nitrogens with one attached hydrogen (secondary N) is 1. The van der Waals surface area contributed by atoms with Crippen LogP contribution in [0.1, 0.15) is 35.2 Å². The van der Waals surface area contributed by atoms with Crippen LogP contribution in [-0.2, 0) is 0 Å². The van der Waals surface area contributed by atoms with Crippen molar-refractivity contribution in [2.24, 2.45) is 0 Å². The van der Waals surface area contributed by atoms with E-state index >= 15 is 0 Å². The van der Waals surface area contributed by atoms with Gasteiger partial charge in [-0.1, -0.05) is 84.1 Å². The number of thioether (sulfide) groups is 2. The molecule has 3 aromatic carbocycles. The second kappa shape index (κ2) is 12.8. The van der Waals surface area contributed by atoms with Crippen LogP contribution in [-0.4, -0.2) is 17.2 Å². The van der Waals surface area contributed by atoms with Crippen molar-refractivity contribution in [2.45, 2.75) is 29.1 Å². The largest absolute Gasteiger partial charge is 0.305 e. The van der Waals surface area contributed by atoms with Crippen molar-refractivity contribution in [3.05, 3.63) is 130 Å². The van der Waals surface area contributed by atoms with E-state index in [2.05, 4.69) is 18.2 Å². The number of carbonyl (C=O) groups is 1. The fourth-order valence-corrected chi connectivity index (χ4v) is 5.42. The van der Waals surface area contributed by atoms with Crippen LogP contribution in [0, 0.1) is 5.41 Å². The minimum absolute atomic E-state index is 0.0518. The topological polar surface area (TPSA) is 40.9 Å². The number of carbonyl (C=O) groups excluding carboxylic acids is 1. The van der Waals surface area contributed by atoms with E-state index in [4.69, 9.17) is 17.0 Å². The molecule has 0 atom stereocenters. The third-order valence-corrected chi connectivity index (χ3v) is 7.87. The summed E-state index contributed by atoms with van der Waals surface area (Å²) in [5.74, 6) is 1.03. The molecule has 176 valence electrons. The summed E-state index contributed by atoms with van der Waals surface area (Å²) in [6.07, 6.45) is 10.5. The van der Waals surface area contributed by atoms with Crippen LogP contribution in [0.4, 0.5) is 0 Å². The molecule has 5 heteroatoms. The Morgan fingerprint density at radius 2 is 1.54 bits per heavy atom. The number of benzene rings is 3. The SMILES string of the molecule is N=C(CCCSc1ccc(Cl)cc1)c1ccc(SC2=CCC=C(C(=O)c3ccccc3)C=C2)cc1. The molecule has 2 nitrogen and oxygen atoms in total. The molecule has 4 rings (SSSR count). The summed E-state index contributed by atoms with van der Waals surface area (Å²) in [4.78, 5) is 16.2. The highest BCUT2D eigenvalue weighted by Crippen LogP contribution is 2.30. The highest BCUT2D eigenvalue weighted by atomic mass is 35.5. The Balaban J connectivity index is 1.25. The van der Waals surface area contributed by atoms with Gasteiger partial charge < -0.3 is 5.41 Å². The lowest BCUT2D eigenvalue weighted by atomic mass is 10.0. The molecular weight excluding hydrogens is 490 g/mol. The van der Waals surface area contributed by atoms with Gasteiger partial charge in [0.05, 0.1) is 0 Å². The molecule has 0 bridgehead atoms. The fourth-order valence-electron chi connectivity index (χ4n) is 3.58. The van der Waals surface area contributed by atoms with Crippen molar-refractivity contribution < 1.29 is 4.79 Å². The Morgan fingerprint density at radius 1 is 0.829 bits per heavy atom. The van der Waals surface area contributed by atoms with Gasteiger partial charge in [-0.25, -0.2) is 0 Å². The van der Waals surface area contributed by atoms with E-state index in [0.717, 1.165) is 51.0 Å². The van der Waals surface area contributed by atoms with Crippen molar-refractivity contribution in [1.29, 1.82) is 5.41 Å². The number of allylic oxidation sites excluding steroid dienone is 5. The Labute approximate surface area is 220 Å². The van der Waals surface area contributed by atoms with Crippen LogP contribution in [0.25, 0.3) is 0 Å². The molecule has 0 fully saturated rings. The molecule has 0 aliphatic heterocycles. The summed E-state index contributed by atoms with van der Waals surface area (Å²) in [5, 5.41) is 9.18. The standard InChI is InChI=1S/C30H26ClNOS2/c31-25-14-19-26(20-15-25)34-21-5-10-29(32)22-11-16-28(17-12-22)35-27-9-4-8-24(13-18-27)30(33)23-6-2-1-3-7-23/h1-3,6-9,11-20,32H,4-5,10,21H2. The first-order valence-corrected chi connectivity index (χ1v) is 13.7. The number of ketones is 1. The molecule has 0 heterocycles. The van der Waals surface area contributed by atoms with E-state index in [1.807, 2.05) is 85.0 Å². The fraction of sp³-hybridized carbons (Fsp3) is 0.133. The molecule has 0 aromatic heterocycles. The number of rotatable bonds is 10. The minimum Gasteiger partial charge on any atom is -0.305 e. The van der Waals surface area contributed by atoms with Gasteiger partial charge in [0.1, 0.15) is 0 Å². The second-order valence-corrected chi connectivity index (χ2v) is 10.8. The molecule has 0 spiro atoms. The molecule has 1 N–H and O–H groups in total. The lowest BCUT2D eigenvalue weighted by Gasteiger charge is -2.07. The van der Waals surface area contributed by atoms with Crippen LogP contribution in [0.2, 0.25) is 5.02 Å². The minimum atomic E-state index is 0.0518. The molecule has 35 heavy (non-hydrogen) atoms. The van der Waals surface area contributed by atoms with Crippen molar-refractivity contribution in [3.8, 4) is 0 Å². The van der Waals surface area contributed by atoms with Crippen LogP contribution in [0.3, 0.4) is 0 Å². The van der Waals surface area contributed by atoms with E-state index in [0.29, 0.717) is 11.3 Å². The molecule has 0 saturated heterocycles. The summed E-state index contributed by atoms with van der Waals surface area (Å²) in [6.45, 7) is 0. The zero-order valence-corrected chi connectivity index (χ0v) is 21.6. The maximum atomic E-state index is 12.7. The monoisotopic (exact) mass is 515 g/mol. The average Bonchev–Trinajstić information content (AvgIpc) is 3.13. The van der Waals surface area contributed by atoms with Crippen molar-refractivity contribution >= 4 is 46.6 Å². The van der Waals surface area contributed by atoms with Crippen molar-refractivity contribution in [1.82, 2.24) is 0 Å². The third-order valence-electron chi connectivity index (χ3n) is 5.47. The van der Waals surface area contributed by atoms with E-state index in [1.165, 1.54) is 4.90 Å². The van der Waals surface area contributed by atoms with Gasteiger partial charge in [-0.05, 0) is 73.1 Å². The zero-order chi connectivity index (χ0) is 24.5. The van der Waals surface area contributed by atoms with Crippen molar-refractivity contribution in [3.63, 3.8) is 0 Å². The maximum Gasteiger partial charge on any atom is 0.192 e. The highest BCUT2D eigenvalue weighted by Gasteiger charge is 2.11. The third kappa shape index (κ3) is 7.60. The van der Waals surface area contributed by atoms with Gasteiger partial charge in [-0.3, -0.25) is 4.79 Å². The van der Waals surface area contributed by atoms with Crippen LogP contribution in [0.15, 0.2) is 123 Å². The molecule has 0 radical (unpaired) electrons. The molecule has 1 aliphatic rings. The first kappa shape index (κ1) is 25.3. The van der Waals surface area contributed by atoms with E-state index in [-0.39, 0.29) is 5.78 Å². The highest BCUT2D eigenvalue weighted by molar-refractivity contribution is 8.03. The summed E-state index contributed by atoms with van der Waals surface area (Å²) < 4.78 is 0. The Morgan fingerprint density at radius 3 is 2.29 bits per heavy atom. The lowest BCUT2D eigenvalue weighted by Crippen LogP contribution is -2.00. The summed E-state index contributed by atoms with van der Waals surface area (Å²) in [7, 11) is 0. The van der Waals surface area contributed by atoms with E-state index < -0.39 is 0 Å². The van der Waals surface area contributed by atoms with Gasteiger partial charge in [0.2, 0.25) is 0 Å². The quantitative estimate of drug-likeness (QED) is 0.127. The predicted octanol–water partition coefficient (Wildman–Crippen LogP) is 9.03. The number of hydrogen-bond donors (Lipinski definition) is 1. The van der Waals surface area contributed by atoms with Crippen molar-refractivity contribution in [2.75, 3.05) is 5.75 Å². The summed E-state index contributed by atoms with van der Waals surface area (Å²) >= 11 is 9.40. The van der Waals surface area contributed by atoms with Crippen LogP contribution < -0.4 is 0 Å². The van der Waals surface area contributed by atoms with Gasteiger partial charge in [-0.2, -0.15) is 0 Å². The van der Waals surface area contributed by atoms with E-state index in [1.54, 1.807) is 23.5 Å².